The number of nitrogens with one attached hydrogen (secondary N) is 1. The number of carbonyl (C=O) groups is 3. The van der Waals surface area contributed by atoms with Crippen LogP contribution < -0.4 is 5.32 Å². The van der Waals surface area contributed by atoms with Crippen LogP contribution in [0.1, 0.15) is 44.3 Å². The van der Waals surface area contributed by atoms with E-state index in [9.17, 15) is 14.4 Å². The predicted octanol–water partition coefficient (Wildman–Crippen LogP) is 2.17. The SMILES string of the molecule is Cc1ccc([C@H](CNC(=O)CCN2C(=O)c3ccccc3C2=O)N2CCOCC2)cc1. The first kappa shape index (κ1) is 21.2. The van der Waals surface area contributed by atoms with E-state index in [2.05, 4.69) is 41.4 Å². The number of hydrogen-bond acceptors (Lipinski definition) is 5. The van der Waals surface area contributed by atoms with Gasteiger partial charge in [-0.1, -0.05) is 42.0 Å². The Kier molecular flexibility index (Phi) is 6.44. The lowest BCUT2D eigenvalue weighted by Gasteiger charge is -2.35. The number of morpholine rings is 1. The molecule has 0 saturated carbocycles. The van der Waals surface area contributed by atoms with E-state index < -0.39 is 0 Å². The van der Waals surface area contributed by atoms with E-state index in [1.165, 1.54) is 5.56 Å². The van der Waals surface area contributed by atoms with Crippen molar-refractivity contribution in [2.75, 3.05) is 39.4 Å². The molecule has 2 heterocycles. The summed E-state index contributed by atoms with van der Waals surface area (Å²) >= 11 is 0. The zero-order chi connectivity index (χ0) is 21.8. The molecule has 162 valence electrons. The van der Waals surface area contributed by atoms with Gasteiger partial charge in [-0.2, -0.15) is 0 Å². The number of nitrogens with zero attached hydrogens (tertiary/aromatic N) is 2. The summed E-state index contributed by atoms with van der Waals surface area (Å²) in [6.45, 7) is 5.56. The molecule has 0 unspecified atom stereocenters. The number of rotatable bonds is 7. The first-order chi connectivity index (χ1) is 15.0. The van der Waals surface area contributed by atoms with Gasteiger partial charge in [0, 0.05) is 32.6 Å². The van der Waals surface area contributed by atoms with Gasteiger partial charge in [-0.05, 0) is 24.6 Å². The Balaban J connectivity index is 1.35. The molecule has 0 aromatic heterocycles. The van der Waals surface area contributed by atoms with Crippen LogP contribution in [-0.4, -0.2) is 66.9 Å². The Morgan fingerprint density at radius 2 is 1.61 bits per heavy atom. The number of imide groups is 1. The second kappa shape index (κ2) is 9.41. The maximum absolute atomic E-state index is 12.6. The smallest absolute Gasteiger partial charge is 0.261 e. The molecule has 2 aromatic carbocycles. The summed E-state index contributed by atoms with van der Waals surface area (Å²) in [6, 6.07) is 15.1. The molecule has 1 saturated heterocycles. The molecule has 1 fully saturated rings. The van der Waals surface area contributed by atoms with Crippen LogP contribution >= 0.6 is 0 Å². The largest absolute Gasteiger partial charge is 0.379 e. The number of ether oxygens (including phenoxy) is 1. The maximum Gasteiger partial charge on any atom is 0.261 e. The van der Waals surface area contributed by atoms with E-state index >= 15 is 0 Å². The quantitative estimate of drug-likeness (QED) is 0.694. The minimum atomic E-state index is -0.334. The van der Waals surface area contributed by atoms with Gasteiger partial charge in [-0.25, -0.2) is 0 Å². The molecule has 0 radical (unpaired) electrons. The zero-order valence-electron chi connectivity index (χ0n) is 17.7. The third kappa shape index (κ3) is 4.68. The highest BCUT2D eigenvalue weighted by Crippen LogP contribution is 2.23. The molecule has 1 N–H and O–H groups in total. The van der Waals surface area contributed by atoms with Crippen molar-refractivity contribution >= 4 is 17.7 Å². The minimum absolute atomic E-state index is 0.0488. The molecule has 0 spiro atoms. The van der Waals surface area contributed by atoms with E-state index in [-0.39, 0.29) is 36.7 Å². The number of hydrogen-bond donors (Lipinski definition) is 1. The molecule has 0 bridgehead atoms. The molecule has 7 heteroatoms. The van der Waals surface area contributed by atoms with Crippen molar-refractivity contribution in [3.8, 4) is 0 Å². The predicted molar refractivity (Wildman–Crippen MR) is 116 cm³/mol. The second-order valence-electron chi connectivity index (χ2n) is 7.94. The van der Waals surface area contributed by atoms with Gasteiger partial charge in [-0.3, -0.25) is 24.2 Å². The maximum atomic E-state index is 12.6. The molecule has 31 heavy (non-hydrogen) atoms. The summed E-state index contributed by atoms with van der Waals surface area (Å²) < 4.78 is 5.47. The highest BCUT2D eigenvalue weighted by atomic mass is 16.5. The molecule has 2 aliphatic rings. The fraction of sp³-hybridized carbons (Fsp3) is 0.375. The molecule has 2 aliphatic heterocycles. The third-order valence-electron chi connectivity index (χ3n) is 5.88. The van der Waals surface area contributed by atoms with Crippen LogP contribution in [0, 0.1) is 6.92 Å². The standard InChI is InChI=1S/C24H27N3O4/c1-17-6-8-18(9-7-17)21(26-12-14-31-15-13-26)16-25-22(28)10-11-27-23(29)19-4-2-3-5-20(19)24(27)30/h2-9,21H,10-16H2,1H3,(H,25,28)/t21-/m0/s1. The highest BCUT2D eigenvalue weighted by molar-refractivity contribution is 6.21. The summed E-state index contributed by atoms with van der Waals surface area (Å²) in [7, 11) is 0. The lowest BCUT2D eigenvalue weighted by atomic mass is 10.0. The van der Waals surface area contributed by atoms with Crippen LogP contribution in [0.25, 0.3) is 0 Å². The van der Waals surface area contributed by atoms with Crippen molar-refractivity contribution < 1.29 is 19.1 Å². The lowest BCUT2D eigenvalue weighted by Crippen LogP contribution is -2.44. The Morgan fingerprint density at radius 3 is 2.23 bits per heavy atom. The number of benzene rings is 2. The van der Waals surface area contributed by atoms with Crippen LogP contribution in [0.2, 0.25) is 0 Å². The molecule has 7 nitrogen and oxygen atoms in total. The van der Waals surface area contributed by atoms with E-state index in [4.69, 9.17) is 4.74 Å². The topological polar surface area (TPSA) is 79.0 Å². The summed E-state index contributed by atoms with van der Waals surface area (Å²) in [5.41, 5.74) is 3.14. The van der Waals surface area contributed by atoms with Crippen molar-refractivity contribution in [3.05, 3.63) is 70.8 Å². The fourth-order valence-electron chi connectivity index (χ4n) is 4.09. The van der Waals surface area contributed by atoms with Gasteiger partial charge < -0.3 is 10.1 Å². The average molecular weight is 421 g/mol. The van der Waals surface area contributed by atoms with Crippen molar-refractivity contribution in [2.45, 2.75) is 19.4 Å². The molecular formula is C24H27N3O4. The van der Waals surface area contributed by atoms with Gasteiger partial charge in [0.1, 0.15) is 0 Å². The Hall–Kier alpha value is -3.03. The molecule has 1 atom stereocenters. The summed E-state index contributed by atoms with van der Waals surface area (Å²) in [6.07, 6.45) is 0.0786. The van der Waals surface area contributed by atoms with E-state index in [1.54, 1.807) is 24.3 Å². The van der Waals surface area contributed by atoms with Gasteiger partial charge >= 0.3 is 0 Å². The zero-order valence-corrected chi connectivity index (χ0v) is 17.7. The van der Waals surface area contributed by atoms with Gasteiger partial charge in [0.15, 0.2) is 0 Å². The minimum Gasteiger partial charge on any atom is -0.379 e. The van der Waals surface area contributed by atoms with Gasteiger partial charge in [0.2, 0.25) is 5.91 Å². The molecule has 2 aromatic rings. The van der Waals surface area contributed by atoms with Crippen molar-refractivity contribution in [1.82, 2.24) is 15.1 Å². The van der Waals surface area contributed by atoms with Crippen LogP contribution in [-0.2, 0) is 9.53 Å². The Bertz CT molecular complexity index is 932. The van der Waals surface area contributed by atoms with E-state index in [0.29, 0.717) is 30.9 Å². The summed E-state index contributed by atoms with van der Waals surface area (Å²) in [4.78, 5) is 40.9. The highest BCUT2D eigenvalue weighted by Gasteiger charge is 2.35. The summed E-state index contributed by atoms with van der Waals surface area (Å²) in [5, 5.41) is 3.00. The summed E-state index contributed by atoms with van der Waals surface area (Å²) in [5.74, 6) is -0.847. The number of carbonyl (C=O) groups excluding carboxylic acids is 3. The number of aryl methyl sites for hydroxylation is 1. The van der Waals surface area contributed by atoms with Crippen LogP contribution in [0.3, 0.4) is 0 Å². The van der Waals surface area contributed by atoms with Crippen LogP contribution in [0.4, 0.5) is 0 Å². The normalized spacial score (nSPS) is 17.5. The first-order valence-electron chi connectivity index (χ1n) is 10.6. The average Bonchev–Trinajstić information content (AvgIpc) is 3.04. The monoisotopic (exact) mass is 421 g/mol. The number of fused-ring (bicyclic) bond motifs is 1. The van der Waals surface area contributed by atoms with Crippen LogP contribution in [0.15, 0.2) is 48.5 Å². The number of amides is 3. The fourth-order valence-corrected chi connectivity index (χ4v) is 4.09. The molecular weight excluding hydrogens is 394 g/mol. The molecule has 3 amide bonds. The van der Waals surface area contributed by atoms with Gasteiger partial charge in [0.25, 0.3) is 11.8 Å². The Morgan fingerprint density at radius 1 is 1.00 bits per heavy atom. The van der Waals surface area contributed by atoms with Crippen molar-refractivity contribution in [2.24, 2.45) is 0 Å². The second-order valence-corrected chi connectivity index (χ2v) is 7.94. The molecule has 0 aliphatic carbocycles. The van der Waals surface area contributed by atoms with Gasteiger partial charge in [0.05, 0.1) is 30.4 Å². The van der Waals surface area contributed by atoms with Crippen LogP contribution in [0.5, 0.6) is 0 Å². The van der Waals surface area contributed by atoms with E-state index in [1.807, 2.05) is 0 Å². The first-order valence-corrected chi connectivity index (χ1v) is 10.6. The Labute approximate surface area is 182 Å². The van der Waals surface area contributed by atoms with Crippen molar-refractivity contribution in [3.63, 3.8) is 0 Å². The third-order valence-corrected chi connectivity index (χ3v) is 5.88. The van der Waals surface area contributed by atoms with Crippen molar-refractivity contribution in [1.29, 1.82) is 0 Å². The molecule has 4 rings (SSSR count). The van der Waals surface area contributed by atoms with Gasteiger partial charge in [-0.15, -0.1) is 0 Å². The van der Waals surface area contributed by atoms with E-state index in [0.717, 1.165) is 23.6 Å². The lowest BCUT2D eigenvalue weighted by molar-refractivity contribution is -0.121.